The first-order valence-electron chi connectivity index (χ1n) is 7.65. The average Bonchev–Trinajstić information content (AvgIpc) is 2.87. The van der Waals surface area contributed by atoms with E-state index in [4.69, 9.17) is 4.98 Å². The van der Waals surface area contributed by atoms with Gasteiger partial charge in [-0.05, 0) is 19.0 Å². The van der Waals surface area contributed by atoms with Gasteiger partial charge >= 0.3 is 0 Å². The van der Waals surface area contributed by atoms with Crippen LogP contribution in [-0.4, -0.2) is 11.5 Å². The van der Waals surface area contributed by atoms with Gasteiger partial charge in [0.15, 0.2) is 0 Å². The third-order valence-electron chi connectivity index (χ3n) is 3.59. The Morgan fingerprint density at radius 3 is 2.62 bits per heavy atom. The Kier molecular flexibility index (Phi) is 5.17. The molecule has 2 rings (SSSR count). The summed E-state index contributed by atoms with van der Waals surface area (Å²) in [6, 6.07) is 9.10. The van der Waals surface area contributed by atoms with E-state index in [0.717, 1.165) is 13.0 Å². The van der Waals surface area contributed by atoms with Crippen molar-refractivity contribution in [1.29, 1.82) is 0 Å². The molecule has 0 fully saturated rings. The molecule has 1 aromatic heterocycles. The molecule has 1 N–H and O–H groups in total. The second-order valence-electron chi connectivity index (χ2n) is 6.61. The Morgan fingerprint density at radius 2 is 2.05 bits per heavy atom. The summed E-state index contributed by atoms with van der Waals surface area (Å²) in [5.41, 5.74) is 3.99. The summed E-state index contributed by atoms with van der Waals surface area (Å²) in [4.78, 5) is 4.83. The first kappa shape index (κ1) is 16.2. The van der Waals surface area contributed by atoms with Gasteiger partial charge in [0.2, 0.25) is 0 Å². The third kappa shape index (κ3) is 4.39. The van der Waals surface area contributed by atoms with Gasteiger partial charge in [-0.25, -0.2) is 4.98 Å². The molecular weight excluding hydrogens is 276 g/mol. The molecular formula is C18H26N2S. The molecule has 0 amide bonds. The van der Waals surface area contributed by atoms with Gasteiger partial charge in [0.25, 0.3) is 0 Å². The van der Waals surface area contributed by atoms with Crippen molar-refractivity contribution in [3.8, 4) is 0 Å². The van der Waals surface area contributed by atoms with Crippen LogP contribution in [0.25, 0.3) is 0 Å². The standard InChI is InChI=1S/C18H26N2S/c1-6-19-15(14-9-7-8-13(2)10-14)11-17-20-16(12-21-17)18(3,4)5/h7-10,12,15,19H,6,11H2,1-5H3. The number of hydrogen-bond acceptors (Lipinski definition) is 3. The number of nitrogens with zero attached hydrogens (tertiary/aromatic N) is 1. The zero-order chi connectivity index (χ0) is 15.5. The molecule has 0 saturated carbocycles. The summed E-state index contributed by atoms with van der Waals surface area (Å²) in [6.45, 7) is 11.9. The molecule has 2 nitrogen and oxygen atoms in total. The van der Waals surface area contributed by atoms with E-state index in [-0.39, 0.29) is 5.41 Å². The lowest BCUT2D eigenvalue weighted by molar-refractivity contribution is 0.539. The number of hydrogen-bond donors (Lipinski definition) is 1. The van der Waals surface area contributed by atoms with Gasteiger partial charge in [0, 0.05) is 23.3 Å². The molecule has 0 aliphatic rings. The topological polar surface area (TPSA) is 24.9 Å². The molecule has 0 bridgehead atoms. The fourth-order valence-electron chi connectivity index (χ4n) is 2.36. The van der Waals surface area contributed by atoms with Crippen LogP contribution >= 0.6 is 11.3 Å². The predicted molar refractivity (Wildman–Crippen MR) is 92.1 cm³/mol. The van der Waals surface area contributed by atoms with Crippen LogP contribution < -0.4 is 5.32 Å². The van der Waals surface area contributed by atoms with Crippen molar-refractivity contribution in [2.45, 2.75) is 52.5 Å². The lowest BCUT2D eigenvalue weighted by Gasteiger charge is -2.18. The summed E-state index contributed by atoms with van der Waals surface area (Å²) < 4.78 is 0. The number of benzene rings is 1. The molecule has 3 heteroatoms. The van der Waals surface area contributed by atoms with Crippen molar-refractivity contribution >= 4 is 11.3 Å². The normalized spacial score (nSPS) is 13.4. The summed E-state index contributed by atoms with van der Waals surface area (Å²) in [6.07, 6.45) is 0.956. The fourth-order valence-corrected chi connectivity index (χ4v) is 3.43. The lowest BCUT2D eigenvalue weighted by atomic mass is 9.93. The highest BCUT2D eigenvalue weighted by atomic mass is 32.1. The molecule has 21 heavy (non-hydrogen) atoms. The SMILES string of the molecule is CCNC(Cc1nc(C(C)(C)C)cs1)c1cccc(C)c1. The van der Waals surface area contributed by atoms with Crippen molar-refractivity contribution in [2.24, 2.45) is 0 Å². The molecule has 0 aliphatic carbocycles. The van der Waals surface area contributed by atoms with Crippen LogP contribution in [0.2, 0.25) is 0 Å². The van der Waals surface area contributed by atoms with Crippen LogP contribution in [0, 0.1) is 6.92 Å². The molecule has 0 radical (unpaired) electrons. The lowest BCUT2D eigenvalue weighted by Crippen LogP contribution is -2.23. The second-order valence-corrected chi connectivity index (χ2v) is 7.55. The van der Waals surface area contributed by atoms with Crippen LogP contribution in [0.1, 0.15) is 55.6 Å². The maximum Gasteiger partial charge on any atom is 0.0947 e. The third-order valence-corrected chi connectivity index (χ3v) is 4.47. The molecule has 1 heterocycles. The Morgan fingerprint density at radius 1 is 1.29 bits per heavy atom. The average molecular weight is 302 g/mol. The predicted octanol–water partition coefficient (Wildman–Crippen LogP) is 4.64. The van der Waals surface area contributed by atoms with Gasteiger partial charge < -0.3 is 5.32 Å². The van der Waals surface area contributed by atoms with E-state index in [2.05, 4.69) is 69.6 Å². The van der Waals surface area contributed by atoms with Crippen LogP contribution in [0.4, 0.5) is 0 Å². The van der Waals surface area contributed by atoms with Gasteiger partial charge in [-0.2, -0.15) is 0 Å². The quantitative estimate of drug-likeness (QED) is 0.870. The van der Waals surface area contributed by atoms with Gasteiger partial charge in [-0.3, -0.25) is 0 Å². The van der Waals surface area contributed by atoms with E-state index in [9.17, 15) is 0 Å². The fraction of sp³-hybridized carbons (Fsp3) is 0.500. The summed E-state index contributed by atoms with van der Waals surface area (Å²) >= 11 is 1.78. The first-order chi connectivity index (χ1) is 9.90. The molecule has 0 aliphatic heterocycles. The summed E-state index contributed by atoms with van der Waals surface area (Å²) in [7, 11) is 0. The number of likely N-dealkylation sites (N-methyl/N-ethyl adjacent to an activating group) is 1. The number of rotatable bonds is 5. The Bertz CT molecular complexity index is 581. The molecule has 114 valence electrons. The van der Waals surface area contributed by atoms with E-state index >= 15 is 0 Å². The van der Waals surface area contributed by atoms with Crippen molar-refractivity contribution in [3.63, 3.8) is 0 Å². The molecule has 0 spiro atoms. The number of aryl methyl sites for hydroxylation is 1. The smallest absolute Gasteiger partial charge is 0.0947 e. The largest absolute Gasteiger partial charge is 0.310 e. The van der Waals surface area contributed by atoms with E-state index in [1.807, 2.05) is 0 Å². The first-order valence-corrected chi connectivity index (χ1v) is 8.53. The van der Waals surface area contributed by atoms with Crippen LogP contribution in [0.5, 0.6) is 0 Å². The zero-order valence-corrected chi connectivity index (χ0v) is 14.6. The van der Waals surface area contributed by atoms with Crippen molar-refractivity contribution < 1.29 is 0 Å². The van der Waals surface area contributed by atoms with Gasteiger partial charge in [-0.15, -0.1) is 11.3 Å². The minimum atomic E-state index is 0.131. The van der Waals surface area contributed by atoms with E-state index in [1.54, 1.807) is 11.3 Å². The highest BCUT2D eigenvalue weighted by Crippen LogP contribution is 2.27. The van der Waals surface area contributed by atoms with Gasteiger partial charge in [0.1, 0.15) is 0 Å². The second kappa shape index (κ2) is 6.71. The van der Waals surface area contributed by atoms with Crippen LogP contribution in [0.15, 0.2) is 29.6 Å². The summed E-state index contributed by atoms with van der Waals surface area (Å²) in [5, 5.41) is 7.01. The van der Waals surface area contributed by atoms with Gasteiger partial charge in [-0.1, -0.05) is 57.5 Å². The molecule has 1 atom stereocenters. The van der Waals surface area contributed by atoms with Crippen LogP contribution in [0.3, 0.4) is 0 Å². The molecule has 1 aromatic carbocycles. The van der Waals surface area contributed by atoms with Crippen molar-refractivity contribution in [1.82, 2.24) is 10.3 Å². The van der Waals surface area contributed by atoms with Crippen molar-refractivity contribution in [2.75, 3.05) is 6.54 Å². The van der Waals surface area contributed by atoms with E-state index in [1.165, 1.54) is 21.8 Å². The molecule has 0 saturated heterocycles. The van der Waals surface area contributed by atoms with Crippen molar-refractivity contribution in [3.05, 3.63) is 51.5 Å². The highest BCUT2D eigenvalue weighted by Gasteiger charge is 2.19. The monoisotopic (exact) mass is 302 g/mol. The molecule has 2 aromatic rings. The van der Waals surface area contributed by atoms with E-state index < -0.39 is 0 Å². The van der Waals surface area contributed by atoms with Crippen LogP contribution in [-0.2, 0) is 11.8 Å². The minimum Gasteiger partial charge on any atom is -0.310 e. The summed E-state index contributed by atoms with van der Waals surface area (Å²) in [5.74, 6) is 0. The number of nitrogens with one attached hydrogen (secondary N) is 1. The Labute approximate surface area is 132 Å². The van der Waals surface area contributed by atoms with E-state index in [0.29, 0.717) is 6.04 Å². The maximum atomic E-state index is 4.83. The number of aromatic nitrogens is 1. The minimum absolute atomic E-state index is 0.131. The highest BCUT2D eigenvalue weighted by molar-refractivity contribution is 7.09. The zero-order valence-electron chi connectivity index (χ0n) is 13.7. The maximum absolute atomic E-state index is 4.83. The Balaban J connectivity index is 2.18. The molecule has 1 unspecified atom stereocenters. The number of thiazole rings is 1. The van der Waals surface area contributed by atoms with Gasteiger partial charge in [0.05, 0.1) is 10.7 Å². The Hall–Kier alpha value is -1.19.